The van der Waals surface area contributed by atoms with Gasteiger partial charge in [0, 0.05) is 17.8 Å². The molecular formula is C14H11N3OS. The van der Waals surface area contributed by atoms with Crippen molar-refractivity contribution in [1.29, 1.82) is 0 Å². The van der Waals surface area contributed by atoms with Gasteiger partial charge in [-0.1, -0.05) is 18.2 Å². The number of hydrogen-bond acceptors (Lipinski definition) is 4. The molecule has 0 aliphatic heterocycles. The van der Waals surface area contributed by atoms with E-state index in [9.17, 15) is 4.79 Å². The lowest BCUT2D eigenvalue weighted by Crippen LogP contribution is -2.05. The van der Waals surface area contributed by atoms with E-state index in [2.05, 4.69) is 10.1 Å². The fourth-order valence-corrected chi connectivity index (χ4v) is 2.38. The lowest BCUT2D eigenvalue weighted by atomic mass is 10.2. The average molecular weight is 269 g/mol. The van der Waals surface area contributed by atoms with Gasteiger partial charge in [-0.25, -0.2) is 9.67 Å². The number of ketones is 1. The molecule has 0 aliphatic rings. The lowest BCUT2D eigenvalue weighted by Gasteiger charge is -1.99. The van der Waals surface area contributed by atoms with Crippen LogP contribution in [0.3, 0.4) is 0 Å². The summed E-state index contributed by atoms with van der Waals surface area (Å²) < 4.78 is 1.70. The van der Waals surface area contributed by atoms with Crippen LogP contribution in [0.15, 0.2) is 54.2 Å². The normalized spacial score (nSPS) is 10.5. The summed E-state index contributed by atoms with van der Waals surface area (Å²) >= 11 is 1.48. The van der Waals surface area contributed by atoms with Gasteiger partial charge >= 0.3 is 0 Å². The van der Waals surface area contributed by atoms with Gasteiger partial charge in [0.1, 0.15) is 10.7 Å². The predicted octanol–water partition coefficient (Wildman–Crippen LogP) is 2.75. The van der Waals surface area contributed by atoms with Gasteiger partial charge < -0.3 is 0 Å². The zero-order chi connectivity index (χ0) is 13.1. The summed E-state index contributed by atoms with van der Waals surface area (Å²) in [6.45, 7) is 0. The van der Waals surface area contributed by atoms with Crippen molar-refractivity contribution in [1.82, 2.24) is 14.8 Å². The van der Waals surface area contributed by atoms with E-state index in [4.69, 9.17) is 0 Å². The largest absolute Gasteiger partial charge is 0.292 e. The van der Waals surface area contributed by atoms with Gasteiger partial charge in [0.05, 0.1) is 12.1 Å². The van der Waals surface area contributed by atoms with Crippen molar-refractivity contribution in [2.45, 2.75) is 6.42 Å². The van der Waals surface area contributed by atoms with E-state index < -0.39 is 0 Å². The highest BCUT2D eigenvalue weighted by molar-refractivity contribution is 7.09. The van der Waals surface area contributed by atoms with Gasteiger partial charge in [-0.3, -0.25) is 4.79 Å². The standard InChI is InChI=1S/C14H11N3OS/c18-13(10-14-15-7-9-19-14)12-6-8-17(16-12)11-4-2-1-3-5-11/h1-9H,10H2. The topological polar surface area (TPSA) is 47.8 Å². The number of aromatic nitrogens is 3. The van der Waals surface area contributed by atoms with E-state index in [0.717, 1.165) is 10.7 Å². The fraction of sp³-hybridized carbons (Fsp3) is 0.0714. The predicted molar refractivity (Wildman–Crippen MR) is 73.7 cm³/mol. The molecule has 0 spiro atoms. The number of carbonyl (C=O) groups excluding carboxylic acids is 1. The molecule has 0 aliphatic carbocycles. The molecule has 2 aromatic heterocycles. The lowest BCUT2D eigenvalue weighted by molar-refractivity contribution is 0.0988. The molecule has 19 heavy (non-hydrogen) atoms. The molecule has 94 valence electrons. The van der Waals surface area contributed by atoms with Crippen LogP contribution in [0, 0.1) is 0 Å². The molecule has 2 heterocycles. The molecule has 0 amide bonds. The molecule has 0 radical (unpaired) electrons. The van der Waals surface area contributed by atoms with Crippen LogP contribution in [0.2, 0.25) is 0 Å². The van der Waals surface area contributed by atoms with E-state index in [1.807, 2.05) is 35.7 Å². The van der Waals surface area contributed by atoms with Crippen LogP contribution >= 0.6 is 11.3 Å². The van der Waals surface area contributed by atoms with Crippen LogP contribution in [-0.2, 0) is 6.42 Å². The Labute approximate surface area is 114 Å². The number of carbonyl (C=O) groups is 1. The van der Waals surface area contributed by atoms with Crippen LogP contribution in [0.4, 0.5) is 0 Å². The quantitative estimate of drug-likeness (QED) is 0.684. The summed E-state index contributed by atoms with van der Waals surface area (Å²) in [6.07, 6.45) is 3.81. The Hall–Kier alpha value is -2.27. The zero-order valence-electron chi connectivity index (χ0n) is 10.1. The second-order valence-electron chi connectivity index (χ2n) is 4.01. The minimum atomic E-state index is -0.00960. The van der Waals surface area contributed by atoms with Crippen LogP contribution in [0.1, 0.15) is 15.5 Å². The van der Waals surface area contributed by atoms with E-state index in [-0.39, 0.29) is 5.78 Å². The molecule has 3 rings (SSSR count). The number of hydrogen-bond donors (Lipinski definition) is 0. The van der Waals surface area contributed by atoms with E-state index in [1.54, 1.807) is 23.1 Å². The van der Waals surface area contributed by atoms with Gasteiger partial charge in [-0.05, 0) is 18.2 Å². The molecule has 3 aromatic rings. The first-order valence-electron chi connectivity index (χ1n) is 5.85. The number of Topliss-reactive ketones (excluding diaryl/α,β-unsaturated/α-hetero) is 1. The Morgan fingerprint density at radius 2 is 2.05 bits per heavy atom. The van der Waals surface area contributed by atoms with Gasteiger partial charge in [0.15, 0.2) is 5.78 Å². The minimum absolute atomic E-state index is 0.00960. The first-order valence-corrected chi connectivity index (χ1v) is 6.73. The van der Waals surface area contributed by atoms with Crippen LogP contribution in [0.5, 0.6) is 0 Å². The third-order valence-corrected chi connectivity index (χ3v) is 3.47. The van der Waals surface area contributed by atoms with E-state index >= 15 is 0 Å². The Balaban J connectivity index is 1.80. The van der Waals surface area contributed by atoms with Crippen molar-refractivity contribution in [3.63, 3.8) is 0 Å². The van der Waals surface area contributed by atoms with Crippen LogP contribution in [-0.4, -0.2) is 20.5 Å². The van der Waals surface area contributed by atoms with Crippen molar-refractivity contribution in [3.05, 3.63) is 64.9 Å². The molecule has 0 saturated heterocycles. The second kappa shape index (κ2) is 5.16. The molecule has 0 fully saturated rings. The Morgan fingerprint density at radius 1 is 1.21 bits per heavy atom. The second-order valence-corrected chi connectivity index (χ2v) is 4.99. The molecule has 0 unspecified atom stereocenters. The van der Waals surface area contributed by atoms with Crippen molar-refractivity contribution in [2.24, 2.45) is 0 Å². The summed E-state index contributed by atoms with van der Waals surface area (Å²) in [5.41, 5.74) is 1.41. The highest BCUT2D eigenvalue weighted by atomic mass is 32.1. The minimum Gasteiger partial charge on any atom is -0.292 e. The molecule has 0 bridgehead atoms. The summed E-state index contributed by atoms with van der Waals surface area (Å²) in [5, 5.41) is 6.99. The van der Waals surface area contributed by atoms with E-state index in [0.29, 0.717) is 12.1 Å². The summed E-state index contributed by atoms with van der Waals surface area (Å²) in [4.78, 5) is 16.2. The number of thiazole rings is 1. The number of nitrogens with zero attached hydrogens (tertiary/aromatic N) is 3. The maximum absolute atomic E-state index is 12.0. The smallest absolute Gasteiger partial charge is 0.189 e. The summed E-state index contributed by atoms with van der Waals surface area (Å²) in [6, 6.07) is 11.5. The van der Waals surface area contributed by atoms with Crippen molar-refractivity contribution in [2.75, 3.05) is 0 Å². The van der Waals surface area contributed by atoms with Crippen molar-refractivity contribution >= 4 is 17.1 Å². The van der Waals surface area contributed by atoms with Gasteiger partial charge in [0.2, 0.25) is 0 Å². The third-order valence-electron chi connectivity index (χ3n) is 2.69. The Kier molecular flexibility index (Phi) is 3.20. The number of para-hydroxylation sites is 1. The Morgan fingerprint density at radius 3 is 2.79 bits per heavy atom. The molecule has 1 aromatic carbocycles. The average Bonchev–Trinajstić information content (AvgIpc) is 3.10. The van der Waals surface area contributed by atoms with Gasteiger partial charge in [-0.15, -0.1) is 11.3 Å². The molecular weight excluding hydrogens is 258 g/mol. The molecule has 5 heteroatoms. The van der Waals surface area contributed by atoms with Crippen LogP contribution in [0.25, 0.3) is 5.69 Å². The maximum atomic E-state index is 12.0. The van der Waals surface area contributed by atoms with Gasteiger partial charge in [0.25, 0.3) is 0 Å². The number of rotatable bonds is 4. The molecule has 0 saturated carbocycles. The molecule has 4 nitrogen and oxygen atoms in total. The highest BCUT2D eigenvalue weighted by Crippen LogP contribution is 2.11. The summed E-state index contributed by atoms with van der Waals surface area (Å²) in [5.74, 6) is -0.00960. The van der Waals surface area contributed by atoms with E-state index in [1.165, 1.54) is 11.3 Å². The fourth-order valence-electron chi connectivity index (χ4n) is 1.77. The van der Waals surface area contributed by atoms with Crippen molar-refractivity contribution < 1.29 is 4.79 Å². The summed E-state index contributed by atoms with van der Waals surface area (Å²) in [7, 11) is 0. The molecule has 0 N–H and O–H groups in total. The maximum Gasteiger partial charge on any atom is 0.189 e. The third kappa shape index (κ3) is 2.61. The first-order chi connectivity index (χ1) is 9.33. The SMILES string of the molecule is O=C(Cc1nccs1)c1ccn(-c2ccccc2)n1. The number of benzene rings is 1. The van der Waals surface area contributed by atoms with Crippen LogP contribution < -0.4 is 0 Å². The Bertz CT molecular complexity index is 674. The highest BCUT2D eigenvalue weighted by Gasteiger charge is 2.12. The zero-order valence-corrected chi connectivity index (χ0v) is 10.9. The monoisotopic (exact) mass is 269 g/mol. The van der Waals surface area contributed by atoms with Gasteiger partial charge in [-0.2, -0.15) is 5.10 Å². The molecule has 0 atom stereocenters. The first kappa shape index (κ1) is 11.8. The van der Waals surface area contributed by atoms with Crippen molar-refractivity contribution in [3.8, 4) is 5.69 Å².